The number of amidine groups is 1. The fourth-order valence-corrected chi connectivity index (χ4v) is 3.02. The van der Waals surface area contributed by atoms with Gasteiger partial charge in [-0.25, -0.2) is 9.40 Å². The van der Waals surface area contributed by atoms with Crippen LogP contribution in [0.1, 0.15) is 30.5 Å². The molecule has 0 unspecified atom stereocenters. The smallest absolute Gasteiger partial charge is 0.351 e. The van der Waals surface area contributed by atoms with Crippen LogP contribution in [0, 0.1) is 5.41 Å². The van der Waals surface area contributed by atoms with Gasteiger partial charge in [-0.2, -0.15) is 18.3 Å². The monoisotopic (exact) mass is 456 g/mol. The third kappa shape index (κ3) is 5.28. The molecular weight excluding hydrogens is 436 g/mol. The first-order chi connectivity index (χ1) is 14.5. The average molecular weight is 457 g/mol. The van der Waals surface area contributed by atoms with Crippen molar-refractivity contribution in [3.63, 3.8) is 0 Å². The SMILES string of the molecule is CC(C)(CF)C(=O)NCc1ccc(Cl)c(C2=NN(c3ccc(C(F)(F)F)cc3)CN2)c1. The van der Waals surface area contributed by atoms with E-state index in [9.17, 15) is 22.4 Å². The lowest BCUT2D eigenvalue weighted by atomic mass is 9.94. The Balaban J connectivity index is 1.75. The van der Waals surface area contributed by atoms with E-state index in [4.69, 9.17) is 11.6 Å². The third-order valence-electron chi connectivity index (χ3n) is 4.80. The number of carbonyl (C=O) groups is 1. The van der Waals surface area contributed by atoms with Crippen molar-refractivity contribution < 1.29 is 22.4 Å². The molecular formula is C21H21ClF4N4O. The first-order valence-electron chi connectivity index (χ1n) is 9.41. The minimum Gasteiger partial charge on any atom is -0.351 e. The highest BCUT2D eigenvalue weighted by Crippen LogP contribution is 2.31. The van der Waals surface area contributed by atoms with Crippen LogP contribution in [0.5, 0.6) is 0 Å². The molecule has 0 radical (unpaired) electrons. The summed E-state index contributed by atoms with van der Waals surface area (Å²) < 4.78 is 51.2. The van der Waals surface area contributed by atoms with Crippen molar-refractivity contribution in [1.82, 2.24) is 10.6 Å². The number of hydrogen-bond donors (Lipinski definition) is 2. The molecule has 0 aliphatic carbocycles. The van der Waals surface area contributed by atoms with Crippen molar-refractivity contribution in [2.24, 2.45) is 10.5 Å². The number of halogens is 5. The van der Waals surface area contributed by atoms with Crippen LogP contribution in [-0.2, 0) is 17.5 Å². The molecule has 1 heterocycles. The first kappa shape index (κ1) is 22.9. The highest BCUT2D eigenvalue weighted by molar-refractivity contribution is 6.34. The summed E-state index contributed by atoms with van der Waals surface area (Å²) >= 11 is 6.30. The van der Waals surface area contributed by atoms with Crippen LogP contribution in [-0.4, -0.2) is 25.1 Å². The van der Waals surface area contributed by atoms with Gasteiger partial charge in [0, 0.05) is 12.1 Å². The molecule has 10 heteroatoms. The fraction of sp³-hybridized carbons (Fsp3) is 0.333. The highest BCUT2D eigenvalue weighted by Gasteiger charge is 2.30. The number of nitrogens with one attached hydrogen (secondary N) is 2. The van der Waals surface area contributed by atoms with E-state index in [1.165, 1.54) is 31.0 Å². The minimum absolute atomic E-state index is 0.183. The van der Waals surface area contributed by atoms with Crippen molar-refractivity contribution in [2.75, 3.05) is 18.4 Å². The Labute approximate surface area is 182 Å². The fourth-order valence-electron chi connectivity index (χ4n) is 2.81. The van der Waals surface area contributed by atoms with E-state index in [1.54, 1.807) is 18.2 Å². The molecule has 31 heavy (non-hydrogen) atoms. The Kier molecular flexibility index (Phi) is 6.45. The van der Waals surface area contributed by atoms with Crippen molar-refractivity contribution in [1.29, 1.82) is 0 Å². The zero-order valence-corrected chi connectivity index (χ0v) is 17.6. The van der Waals surface area contributed by atoms with E-state index in [0.29, 0.717) is 22.1 Å². The molecule has 0 saturated heterocycles. The highest BCUT2D eigenvalue weighted by atomic mass is 35.5. The molecule has 2 aromatic rings. The molecule has 5 nitrogen and oxygen atoms in total. The molecule has 3 rings (SSSR count). The minimum atomic E-state index is -4.40. The number of benzene rings is 2. The van der Waals surface area contributed by atoms with E-state index in [-0.39, 0.29) is 13.2 Å². The van der Waals surface area contributed by atoms with Gasteiger partial charge in [-0.05, 0) is 55.8 Å². The Morgan fingerprint density at radius 2 is 1.87 bits per heavy atom. The predicted octanol–water partition coefficient (Wildman–Crippen LogP) is 4.70. The van der Waals surface area contributed by atoms with Crippen LogP contribution in [0.15, 0.2) is 47.6 Å². The molecule has 0 aromatic heterocycles. The Hall–Kier alpha value is -2.81. The number of hydrogen-bond acceptors (Lipinski definition) is 4. The van der Waals surface area contributed by atoms with Gasteiger partial charge >= 0.3 is 6.18 Å². The van der Waals surface area contributed by atoms with Gasteiger partial charge in [-0.3, -0.25) is 4.79 Å². The maximum absolute atomic E-state index is 13.0. The van der Waals surface area contributed by atoms with Gasteiger partial charge in [0.1, 0.15) is 13.3 Å². The Bertz CT molecular complexity index is 990. The van der Waals surface area contributed by atoms with Crippen LogP contribution >= 0.6 is 11.6 Å². The predicted molar refractivity (Wildman–Crippen MR) is 112 cm³/mol. The van der Waals surface area contributed by atoms with E-state index in [0.717, 1.165) is 17.7 Å². The summed E-state index contributed by atoms with van der Waals surface area (Å²) in [6.07, 6.45) is -4.40. The summed E-state index contributed by atoms with van der Waals surface area (Å²) in [6, 6.07) is 9.82. The second kappa shape index (κ2) is 8.74. The van der Waals surface area contributed by atoms with E-state index in [2.05, 4.69) is 15.7 Å². The standard InChI is InChI=1S/C21H21ClF4N4O/c1-20(2,11-23)19(31)27-10-13-3-8-17(22)16(9-13)18-28-12-30(29-18)15-6-4-14(5-7-15)21(24,25)26/h3-9H,10-12H2,1-2H3,(H,27,31)(H,28,29). The van der Waals surface area contributed by atoms with Crippen LogP contribution in [0.4, 0.5) is 23.2 Å². The topological polar surface area (TPSA) is 56.7 Å². The van der Waals surface area contributed by atoms with Crippen LogP contribution in [0.25, 0.3) is 0 Å². The zero-order chi connectivity index (χ0) is 22.8. The quantitative estimate of drug-likeness (QED) is 0.619. The molecule has 0 saturated carbocycles. The summed E-state index contributed by atoms with van der Waals surface area (Å²) in [5.41, 5.74) is -0.0496. The maximum atomic E-state index is 13.0. The van der Waals surface area contributed by atoms with Crippen LogP contribution in [0.2, 0.25) is 5.02 Å². The molecule has 1 amide bonds. The lowest BCUT2D eigenvalue weighted by Crippen LogP contribution is -2.37. The van der Waals surface area contributed by atoms with E-state index in [1.807, 2.05) is 0 Å². The molecule has 1 aliphatic heterocycles. The normalized spacial score (nSPS) is 14.3. The molecule has 2 N–H and O–H groups in total. The second-order valence-electron chi connectivity index (χ2n) is 7.74. The molecule has 0 atom stereocenters. The van der Waals surface area contributed by atoms with Crippen molar-refractivity contribution in [3.8, 4) is 0 Å². The van der Waals surface area contributed by atoms with E-state index < -0.39 is 29.7 Å². The van der Waals surface area contributed by atoms with Crippen molar-refractivity contribution in [3.05, 3.63) is 64.2 Å². The number of carbonyl (C=O) groups excluding carboxylic acids is 1. The number of nitrogens with zero attached hydrogens (tertiary/aromatic N) is 2. The van der Waals surface area contributed by atoms with Gasteiger partial charge in [0.25, 0.3) is 0 Å². The van der Waals surface area contributed by atoms with Gasteiger partial charge in [-0.15, -0.1) is 0 Å². The number of amides is 1. The Morgan fingerprint density at radius 3 is 2.48 bits per heavy atom. The maximum Gasteiger partial charge on any atom is 0.416 e. The van der Waals surface area contributed by atoms with Crippen LogP contribution < -0.4 is 15.6 Å². The largest absolute Gasteiger partial charge is 0.416 e. The molecule has 166 valence electrons. The summed E-state index contributed by atoms with van der Waals surface area (Å²) in [4.78, 5) is 12.1. The summed E-state index contributed by atoms with van der Waals surface area (Å²) in [5.74, 6) is 0.0403. The third-order valence-corrected chi connectivity index (χ3v) is 5.13. The lowest BCUT2D eigenvalue weighted by molar-refractivity contribution is -0.137. The van der Waals surface area contributed by atoms with Crippen molar-refractivity contribution >= 4 is 29.0 Å². The number of hydrazone groups is 1. The van der Waals surface area contributed by atoms with Gasteiger partial charge in [0.05, 0.1) is 21.7 Å². The number of rotatable bonds is 6. The van der Waals surface area contributed by atoms with E-state index >= 15 is 0 Å². The average Bonchev–Trinajstić information content (AvgIpc) is 3.22. The van der Waals surface area contributed by atoms with Crippen LogP contribution in [0.3, 0.4) is 0 Å². The van der Waals surface area contributed by atoms with Gasteiger partial charge in [-0.1, -0.05) is 17.7 Å². The molecule has 0 fully saturated rings. The van der Waals surface area contributed by atoms with Gasteiger partial charge in [0.15, 0.2) is 5.84 Å². The zero-order valence-electron chi connectivity index (χ0n) is 16.9. The second-order valence-corrected chi connectivity index (χ2v) is 8.15. The number of anilines is 1. The lowest BCUT2D eigenvalue weighted by Gasteiger charge is -2.19. The van der Waals surface area contributed by atoms with Crippen molar-refractivity contribution in [2.45, 2.75) is 26.6 Å². The number of alkyl halides is 4. The summed E-state index contributed by atoms with van der Waals surface area (Å²) in [5, 5.41) is 12.1. The molecule has 0 bridgehead atoms. The van der Waals surface area contributed by atoms with Gasteiger partial charge in [0.2, 0.25) is 5.91 Å². The Morgan fingerprint density at radius 1 is 1.19 bits per heavy atom. The molecule has 1 aliphatic rings. The molecule has 0 spiro atoms. The summed E-state index contributed by atoms with van der Waals surface area (Å²) in [6.45, 7) is 2.70. The first-order valence-corrected chi connectivity index (χ1v) is 9.79. The van der Waals surface area contributed by atoms with Gasteiger partial charge < -0.3 is 10.6 Å². The molecule has 2 aromatic carbocycles. The summed E-state index contributed by atoms with van der Waals surface area (Å²) in [7, 11) is 0.